The number of carbonyl (C=O) groups is 1. The third-order valence-corrected chi connectivity index (χ3v) is 4.23. The van der Waals surface area contributed by atoms with E-state index in [4.69, 9.17) is 5.73 Å². The largest absolute Gasteiger partial charge is 0.349 e. The summed E-state index contributed by atoms with van der Waals surface area (Å²) in [6, 6.07) is 6.16. The molecule has 1 aromatic carbocycles. The molecule has 0 spiro atoms. The van der Waals surface area contributed by atoms with E-state index in [1.807, 2.05) is 25.1 Å². The van der Waals surface area contributed by atoms with E-state index in [0.717, 1.165) is 11.1 Å². The van der Waals surface area contributed by atoms with Gasteiger partial charge in [-0.05, 0) is 68.2 Å². The Balaban J connectivity index is 1.75. The van der Waals surface area contributed by atoms with Gasteiger partial charge in [0.1, 0.15) is 0 Å². The molecule has 3 N–H and O–H groups in total. The van der Waals surface area contributed by atoms with E-state index < -0.39 is 0 Å². The van der Waals surface area contributed by atoms with Crippen molar-refractivity contribution in [2.45, 2.75) is 38.6 Å². The minimum absolute atomic E-state index is 0.0401. The van der Waals surface area contributed by atoms with Crippen LogP contribution in [0.4, 0.5) is 0 Å². The van der Waals surface area contributed by atoms with E-state index in [1.165, 1.54) is 25.7 Å². The lowest BCUT2D eigenvalue weighted by molar-refractivity contribution is 0.0926. The number of rotatable bonds is 4. The Hall–Kier alpha value is -1.79. The van der Waals surface area contributed by atoms with E-state index in [0.29, 0.717) is 30.0 Å². The van der Waals surface area contributed by atoms with Crippen molar-refractivity contribution in [2.24, 2.45) is 17.6 Å². The molecule has 1 aromatic rings. The standard InChI is InChI=1S/C18H22N2O/c1-12-9-13(3-2-8-19)11-16(10-12)18(21)20-17(14-4-5-14)15-6-7-15/h9-11,14-15,17H,4-8,19H2,1H3,(H,20,21). The van der Waals surface area contributed by atoms with Gasteiger partial charge in [0.15, 0.2) is 0 Å². The second kappa shape index (κ2) is 5.91. The maximum absolute atomic E-state index is 12.5. The van der Waals surface area contributed by atoms with Gasteiger partial charge in [0.2, 0.25) is 0 Å². The van der Waals surface area contributed by atoms with Crippen molar-refractivity contribution in [1.82, 2.24) is 5.32 Å². The van der Waals surface area contributed by atoms with Gasteiger partial charge in [0.05, 0.1) is 6.54 Å². The Bertz CT molecular complexity index is 591. The molecule has 110 valence electrons. The number of amides is 1. The first-order valence-corrected chi connectivity index (χ1v) is 7.79. The minimum Gasteiger partial charge on any atom is -0.349 e. The third kappa shape index (κ3) is 3.65. The molecule has 0 bridgehead atoms. The summed E-state index contributed by atoms with van der Waals surface area (Å²) in [5, 5.41) is 3.26. The topological polar surface area (TPSA) is 55.1 Å². The first-order chi connectivity index (χ1) is 10.2. The number of hydrogen-bond donors (Lipinski definition) is 2. The summed E-state index contributed by atoms with van der Waals surface area (Å²) in [4.78, 5) is 12.5. The number of nitrogens with two attached hydrogens (primary N) is 1. The molecule has 1 amide bonds. The van der Waals surface area contributed by atoms with Crippen molar-refractivity contribution in [2.75, 3.05) is 6.54 Å². The van der Waals surface area contributed by atoms with Crippen molar-refractivity contribution in [3.05, 3.63) is 34.9 Å². The van der Waals surface area contributed by atoms with E-state index in [9.17, 15) is 4.79 Å². The summed E-state index contributed by atoms with van der Waals surface area (Å²) in [6.45, 7) is 2.32. The Morgan fingerprint density at radius 2 is 1.95 bits per heavy atom. The minimum atomic E-state index is 0.0401. The zero-order valence-electron chi connectivity index (χ0n) is 12.5. The Morgan fingerprint density at radius 1 is 1.29 bits per heavy atom. The molecule has 2 aliphatic rings. The SMILES string of the molecule is Cc1cc(C#CCN)cc(C(=O)NC(C2CC2)C2CC2)c1. The normalized spacial score (nSPS) is 17.3. The van der Waals surface area contributed by atoms with Crippen LogP contribution in [0, 0.1) is 30.6 Å². The van der Waals surface area contributed by atoms with Crippen LogP contribution in [0.25, 0.3) is 0 Å². The quantitative estimate of drug-likeness (QED) is 0.832. The molecule has 2 aliphatic carbocycles. The van der Waals surface area contributed by atoms with Gasteiger partial charge in [0.25, 0.3) is 5.91 Å². The highest BCUT2D eigenvalue weighted by molar-refractivity contribution is 5.95. The second-order valence-electron chi connectivity index (χ2n) is 6.27. The van der Waals surface area contributed by atoms with Crippen molar-refractivity contribution in [3.8, 4) is 11.8 Å². The van der Waals surface area contributed by atoms with Gasteiger partial charge in [-0.25, -0.2) is 0 Å². The van der Waals surface area contributed by atoms with Crippen LogP contribution in [0.2, 0.25) is 0 Å². The molecule has 0 unspecified atom stereocenters. The lowest BCUT2D eigenvalue weighted by Crippen LogP contribution is -2.38. The number of aryl methyl sites for hydroxylation is 1. The van der Waals surface area contributed by atoms with Crippen LogP contribution >= 0.6 is 0 Å². The lowest BCUT2D eigenvalue weighted by Gasteiger charge is -2.18. The fraction of sp³-hybridized carbons (Fsp3) is 0.500. The highest BCUT2D eigenvalue weighted by atomic mass is 16.1. The van der Waals surface area contributed by atoms with Crippen LogP contribution in [0.5, 0.6) is 0 Å². The molecular formula is C18H22N2O. The molecule has 2 fully saturated rings. The van der Waals surface area contributed by atoms with Gasteiger partial charge in [-0.2, -0.15) is 0 Å². The summed E-state index contributed by atoms with van der Waals surface area (Å²) in [5.74, 6) is 7.31. The fourth-order valence-corrected chi connectivity index (χ4v) is 2.91. The maximum Gasteiger partial charge on any atom is 0.251 e. The molecule has 0 heterocycles. The van der Waals surface area contributed by atoms with E-state index in [2.05, 4.69) is 17.2 Å². The van der Waals surface area contributed by atoms with E-state index in [1.54, 1.807) is 0 Å². The number of benzene rings is 1. The number of carbonyl (C=O) groups excluding carboxylic acids is 1. The van der Waals surface area contributed by atoms with Crippen molar-refractivity contribution in [3.63, 3.8) is 0 Å². The number of hydrogen-bond acceptors (Lipinski definition) is 2. The van der Waals surface area contributed by atoms with Crippen LogP contribution in [-0.4, -0.2) is 18.5 Å². The Kier molecular flexibility index (Phi) is 3.98. The van der Waals surface area contributed by atoms with Gasteiger partial charge < -0.3 is 11.1 Å². The molecule has 21 heavy (non-hydrogen) atoms. The smallest absolute Gasteiger partial charge is 0.251 e. The average Bonchev–Trinajstić information content (AvgIpc) is 3.34. The summed E-state index contributed by atoms with van der Waals surface area (Å²) in [5.41, 5.74) is 8.03. The summed E-state index contributed by atoms with van der Waals surface area (Å²) >= 11 is 0. The lowest BCUT2D eigenvalue weighted by atomic mass is 10.0. The monoisotopic (exact) mass is 282 g/mol. The number of nitrogens with one attached hydrogen (secondary N) is 1. The van der Waals surface area contributed by atoms with Crippen LogP contribution in [0.1, 0.15) is 47.2 Å². The Morgan fingerprint density at radius 3 is 2.52 bits per heavy atom. The molecule has 0 aliphatic heterocycles. The van der Waals surface area contributed by atoms with E-state index >= 15 is 0 Å². The van der Waals surface area contributed by atoms with Gasteiger partial charge >= 0.3 is 0 Å². The summed E-state index contributed by atoms with van der Waals surface area (Å²) in [7, 11) is 0. The molecule has 0 atom stereocenters. The zero-order valence-corrected chi connectivity index (χ0v) is 12.5. The van der Waals surface area contributed by atoms with Crippen LogP contribution < -0.4 is 11.1 Å². The average molecular weight is 282 g/mol. The molecule has 2 saturated carbocycles. The van der Waals surface area contributed by atoms with Crippen LogP contribution in [0.15, 0.2) is 18.2 Å². The van der Waals surface area contributed by atoms with E-state index in [-0.39, 0.29) is 5.91 Å². The summed E-state index contributed by atoms with van der Waals surface area (Å²) in [6.07, 6.45) is 5.07. The van der Waals surface area contributed by atoms with Gasteiger partial charge in [-0.1, -0.05) is 11.8 Å². The maximum atomic E-state index is 12.5. The van der Waals surface area contributed by atoms with Gasteiger partial charge in [0, 0.05) is 17.2 Å². The van der Waals surface area contributed by atoms with Crippen LogP contribution in [-0.2, 0) is 0 Å². The first kappa shape index (κ1) is 14.2. The van der Waals surface area contributed by atoms with Gasteiger partial charge in [-0.3, -0.25) is 4.79 Å². The first-order valence-electron chi connectivity index (χ1n) is 7.79. The molecule has 3 nitrogen and oxygen atoms in total. The predicted octanol–water partition coefficient (Wildman–Crippen LogP) is 2.22. The molecule has 3 rings (SSSR count). The second-order valence-corrected chi connectivity index (χ2v) is 6.27. The molecule has 0 saturated heterocycles. The predicted molar refractivity (Wildman–Crippen MR) is 83.8 cm³/mol. The highest BCUT2D eigenvalue weighted by Gasteiger charge is 2.42. The zero-order chi connectivity index (χ0) is 14.8. The van der Waals surface area contributed by atoms with Crippen molar-refractivity contribution >= 4 is 5.91 Å². The molecule has 0 radical (unpaired) electrons. The van der Waals surface area contributed by atoms with Crippen molar-refractivity contribution in [1.29, 1.82) is 0 Å². The summed E-state index contributed by atoms with van der Waals surface area (Å²) < 4.78 is 0. The van der Waals surface area contributed by atoms with Crippen LogP contribution in [0.3, 0.4) is 0 Å². The fourth-order valence-electron chi connectivity index (χ4n) is 2.91. The third-order valence-electron chi connectivity index (χ3n) is 4.23. The Labute approximate surface area is 126 Å². The molecular weight excluding hydrogens is 260 g/mol. The highest BCUT2D eigenvalue weighted by Crippen LogP contribution is 2.44. The molecule has 3 heteroatoms. The molecule has 0 aromatic heterocycles. The van der Waals surface area contributed by atoms with Gasteiger partial charge in [-0.15, -0.1) is 0 Å². The van der Waals surface area contributed by atoms with Crippen molar-refractivity contribution < 1.29 is 4.79 Å².